The molecule has 38 heavy (non-hydrogen) atoms. The minimum atomic E-state index is 0.889. The van der Waals surface area contributed by atoms with Gasteiger partial charge in [-0.05, 0) is 109 Å². The Bertz CT molecular complexity index is 1880. The lowest BCUT2D eigenvalue weighted by molar-refractivity contribution is 0.615. The second kappa shape index (κ2) is 7.77. The highest BCUT2D eigenvalue weighted by Crippen LogP contribution is 2.56. The van der Waals surface area contributed by atoms with Crippen molar-refractivity contribution in [1.82, 2.24) is 0 Å². The SMILES string of the molecule is Cc1cc2c(cc1C)N(c1ccc3occc3c1)c1cc3ccccc3cc1N2c1ccc2occc2c1. The average molecular weight is 493 g/mol. The molecule has 0 spiro atoms. The van der Waals surface area contributed by atoms with Crippen LogP contribution in [-0.4, -0.2) is 0 Å². The molecular weight excluding hydrogens is 468 g/mol. The molecule has 0 bridgehead atoms. The Labute approximate surface area is 219 Å². The molecule has 4 nitrogen and oxygen atoms in total. The second-order valence-electron chi connectivity index (χ2n) is 10.1. The first-order chi connectivity index (χ1) is 18.6. The molecule has 0 N–H and O–H groups in total. The van der Waals surface area contributed by atoms with Crippen LogP contribution in [0.15, 0.2) is 118 Å². The number of fused-ring (bicyclic) bond motifs is 5. The zero-order chi connectivity index (χ0) is 25.4. The standard InChI is InChI=1S/C34H24N2O2/c1-21-15-29-30(16-22(21)2)36(28-8-10-34-26(18-28)12-14-38-34)32-20-24-6-4-3-5-23(24)19-31(32)35(29)27-7-9-33-25(17-27)11-13-37-33/h3-20H,1-2H3. The third-order valence-electron chi connectivity index (χ3n) is 7.79. The Morgan fingerprint density at radius 1 is 0.447 bits per heavy atom. The number of hydrogen-bond donors (Lipinski definition) is 0. The molecule has 2 aromatic heterocycles. The number of benzene rings is 5. The number of aryl methyl sites for hydroxylation is 2. The van der Waals surface area contributed by atoms with Gasteiger partial charge >= 0.3 is 0 Å². The third-order valence-corrected chi connectivity index (χ3v) is 7.79. The van der Waals surface area contributed by atoms with Gasteiger partial charge in [0.05, 0.1) is 35.3 Å². The zero-order valence-electron chi connectivity index (χ0n) is 21.1. The van der Waals surface area contributed by atoms with Crippen molar-refractivity contribution in [3.8, 4) is 0 Å². The van der Waals surface area contributed by atoms with Gasteiger partial charge < -0.3 is 18.6 Å². The van der Waals surface area contributed by atoms with E-state index < -0.39 is 0 Å². The van der Waals surface area contributed by atoms with Crippen molar-refractivity contribution in [2.75, 3.05) is 9.80 Å². The number of furan rings is 2. The van der Waals surface area contributed by atoms with Crippen LogP contribution < -0.4 is 9.80 Å². The van der Waals surface area contributed by atoms with Crippen LogP contribution >= 0.6 is 0 Å². The van der Waals surface area contributed by atoms with E-state index in [1.165, 1.54) is 21.9 Å². The molecule has 182 valence electrons. The van der Waals surface area contributed by atoms with Crippen LogP contribution in [-0.2, 0) is 0 Å². The number of hydrogen-bond acceptors (Lipinski definition) is 4. The van der Waals surface area contributed by atoms with Gasteiger partial charge in [0.1, 0.15) is 11.2 Å². The van der Waals surface area contributed by atoms with E-state index in [1.54, 1.807) is 12.5 Å². The van der Waals surface area contributed by atoms with Crippen LogP contribution in [0.1, 0.15) is 11.1 Å². The van der Waals surface area contributed by atoms with Crippen LogP contribution in [0.2, 0.25) is 0 Å². The molecule has 0 fully saturated rings. The summed E-state index contributed by atoms with van der Waals surface area (Å²) in [7, 11) is 0. The molecule has 7 aromatic rings. The largest absolute Gasteiger partial charge is 0.464 e. The normalized spacial score (nSPS) is 12.9. The maximum Gasteiger partial charge on any atom is 0.133 e. The summed E-state index contributed by atoms with van der Waals surface area (Å²) >= 11 is 0. The van der Waals surface area contributed by atoms with E-state index in [1.807, 2.05) is 12.1 Å². The molecule has 5 aromatic carbocycles. The summed E-state index contributed by atoms with van der Waals surface area (Å²) in [5.74, 6) is 0. The number of rotatable bonds is 2. The fraction of sp³-hybridized carbons (Fsp3) is 0.0588. The van der Waals surface area contributed by atoms with Crippen LogP contribution in [0.5, 0.6) is 0 Å². The molecule has 3 heterocycles. The second-order valence-corrected chi connectivity index (χ2v) is 10.1. The smallest absolute Gasteiger partial charge is 0.133 e. The minimum Gasteiger partial charge on any atom is -0.464 e. The van der Waals surface area contributed by atoms with Crippen molar-refractivity contribution in [2.24, 2.45) is 0 Å². The van der Waals surface area contributed by atoms with Gasteiger partial charge in [-0.2, -0.15) is 0 Å². The van der Waals surface area contributed by atoms with Crippen LogP contribution in [0.3, 0.4) is 0 Å². The summed E-state index contributed by atoms with van der Waals surface area (Å²) in [5.41, 5.74) is 11.1. The molecule has 0 saturated heterocycles. The lowest BCUT2D eigenvalue weighted by Gasteiger charge is -2.41. The van der Waals surface area contributed by atoms with Crippen molar-refractivity contribution in [3.63, 3.8) is 0 Å². The Morgan fingerprint density at radius 2 is 0.895 bits per heavy atom. The summed E-state index contributed by atoms with van der Waals surface area (Å²) in [6.45, 7) is 4.37. The molecule has 0 aliphatic carbocycles. The maximum atomic E-state index is 5.66. The molecule has 0 saturated carbocycles. The molecule has 0 unspecified atom stereocenters. The first kappa shape index (κ1) is 21.2. The first-order valence-corrected chi connectivity index (χ1v) is 12.8. The minimum absolute atomic E-state index is 0.889. The predicted molar refractivity (Wildman–Crippen MR) is 156 cm³/mol. The van der Waals surface area contributed by atoms with Gasteiger partial charge in [-0.3, -0.25) is 0 Å². The van der Waals surface area contributed by atoms with E-state index in [4.69, 9.17) is 8.83 Å². The highest BCUT2D eigenvalue weighted by molar-refractivity contribution is 6.07. The Balaban J connectivity index is 1.47. The summed E-state index contributed by atoms with van der Waals surface area (Å²) < 4.78 is 11.3. The van der Waals surface area contributed by atoms with E-state index in [0.29, 0.717) is 0 Å². The molecule has 4 heteroatoms. The van der Waals surface area contributed by atoms with Crippen molar-refractivity contribution < 1.29 is 8.83 Å². The maximum absolute atomic E-state index is 5.66. The van der Waals surface area contributed by atoms with Crippen molar-refractivity contribution in [1.29, 1.82) is 0 Å². The molecule has 0 radical (unpaired) electrons. The molecule has 1 aliphatic rings. The van der Waals surface area contributed by atoms with Gasteiger partial charge in [0, 0.05) is 22.1 Å². The quantitative estimate of drug-likeness (QED) is 0.240. The summed E-state index contributed by atoms with van der Waals surface area (Å²) in [6.07, 6.45) is 3.50. The van der Waals surface area contributed by atoms with Crippen LogP contribution in [0.4, 0.5) is 34.1 Å². The van der Waals surface area contributed by atoms with Crippen molar-refractivity contribution in [3.05, 3.63) is 121 Å². The Kier molecular flexibility index (Phi) is 4.32. The summed E-state index contributed by atoms with van der Waals surface area (Å²) in [6, 6.07) is 34.7. The Morgan fingerprint density at radius 3 is 1.37 bits per heavy atom. The van der Waals surface area contributed by atoms with E-state index in [0.717, 1.165) is 56.1 Å². The lowest BCUT2D eigenvalue weighted by atomic mass is 9.98. The van der Waals surface area contributed by atoms with Crippen molar-refractivity contribution in [2.45, 2.75) is 13.8 Å². The topological polar surface area (TPSA) is 32.8 Å². The van der Waals surface area contributed by atoms with Gasteiger partial charge in [0.25, 0.3) is 0 Å². The highest BCUT2D eigenvalue weighted by atomic mass is 16.3. The van der Waals surface area contributed by atoms with Crippen molar-refractivity contribution >= 4 is 66.8 Å². The fourth-order valence-electron chi connectivity index (χ4n) is 5.72. The molecular formula is C34H24N2O2. The molecule has 0 amide bonds. The third kappa shape index (κ3) is 3.04. The van der Waals surface area contributed by atoms with Crippen LogP contribution in [0, 0.1) is 13.8 Å². The predicted octanol–water partition coefficient (Wildman–Crippen LogP) is 10.2. The van der Waals surface area contributed by atoms with Crippen LogP contribution in [0.25, 0.3) is 32.7 Å². The van der Waals surface area contributed by atoms with E-state index in [-0.39, 0.29) is 0 Å². The van der Waals surface area contributed by atoms with Gasteiger partial charge in [-0.15, -0.1) is 0 Å². The zero-order valence-corrected chi connectivity index (χ0v) is 21.1. The first-order valence-electron chi connectivity index (χ1n) is 12.8. The fourth-order valence-corrected chi connectivity index (χ4v) is 5.72. The number of nitrogens with zero attached hydrogens (tertiary/aromatic N) is 2. The molecule has 1 aliphatic heterocycles. The summed E-state index contributed by atoms with van der Waals surface area (Å²) in [4.78, 5) is 4.78. The van der Waals surface area contributed by atoms with Gasteiger partial charge in [-0.1, -0.05) is 24.3 Å². The molecule has 8 rings (SSSR count). The van der Waals surface area contributed by atoms with Gasteiger partial charge in [-0.25, -0.2) is 0 Å². The van der Waals surface area contributed by atoms with Gasteiger partial charge in [0.2, 0.25) is 0 Å². The molecule has 0 atom stereocenters. The monoisotopic (exact) mass is 492 g/mol. The van der Waals surface area contributed by atoms with E-state index in [9.17, 15) is 0 Å². The van der Waals surface area contributed by atoms with E-state index in [2.05, 4.69) is 109 Å². The Hall–Kier alpha value is -4.96. The average Bonchev–Trinajstić information content (AvgIpc) is 3.60. The number of anilines is 6. The lowest BCUT2D eigenvalue weighted by Crippen LogP contribution is -2.24. The highest BCUT2D eigenvalue weighted by Gasteiger charge is 2.32. The summed E-state index contributed by atoms with van der Waals surface area (Å²) in [5, 5.41) is 4.59. The van der Waals surface area contributed by atoms with Gasteiger partial charge in [0.15, 0.2) is 0 Å². The van der Waals surface area contributed by atoms with E-state index >= 15 is 0 Å².